The molecule has 15 heteroatoms. The predicted octanol–water partition coefficient (Wildman–Crippen LogP) is 35.7. The highest BCUT2D eigenvalue weighted by atomic mass is 16.4. The minimum absolute atomic E-state index is 0.610. The maximum atomic E-state index is 6.54. The summed E-state index contributed by atoms with van der Waals surface area (Å²) in [7, 11) is 0. The van der Waals surface area contributed by atoms with Crippen molar-refractivity contribution in [3.63, 3.8) is 0 Å². The number of para-hydroxylation sites is 9. The van der Waals surface area contributed by atoms with Gasteiger partial charge in [-0.3, -0.25) is 0 Å². The number of oxazole rings is 3. The van der Waals surface area contributed by atoms with Crippen molar-refractivity contribution in [1.82, 2.24) is 49.4 Å². The number of fused-ring (bicyclic) bond motifs is 24. The second-order valence-electron chi connectivity index (χ2n) is 37.7. The van der Waals surface area contributed by atoms with Crippen LogP contribution in [0.1, 0.15) is 0 Å². The van der Waals surface area contributed by atoms with Gasteiger partial charge in [-0.2, -0.15) is 0 Å². The van der Waals surface area contributed by atoms with Crippen molar-refractivity contribution in [3.8, 4) is 108 Å². The highest BCUT2D eigenvalue weighted by Crippen LogP contribution is 2.47. The lowest BCUT2D eigenvalue weighted by molar-refractivity contribution is 0.623. The molecule has 0 atom stereocenters. The van der Waals surface area contributed by atoms with Crippen molar-refractivity contribution in [2.45, 2.75) is 0 Å². The highest BCUT2D eigenvalue weighted by molar-refractivity contribution is 6.22. The van der Waals surface area contributed by atoms with Gasteiger partial charge in [0.25, 0.3) is 0 Å². The first-order valence-corrected chi connectivity index (χ1v) is 50.1. The average Bonchev–Trinajstić information content (AvgIpc) is 1.30. The van der Waals surface area contributed by atoms with E-state index in [0.29, 0.717) is 29.3 Å². The smallest absolute Gasteiger partial charge is 0.227 e. The third-order valence-corrected chi connectivity index (χ3v) is 28.7. The summed E-state index contributed by atoms with van der Waals surface area (Å²) < 4.78 is 28.0. The van der Waals surface area contributed by atoms with Crippen LogP contribution in [0.15, 0.2) is 509 Å². The Labute approximate surface area is 856 Å². The fraction of sp³-hybridized carbons (Fsp3) is 0. The Morgan fingerprint density at radius 2 is 0.513 bits per heavy atom. The molecule has 0 aliphatic heterocycles. The molecule has 31 rings (SSSR count). The maximum Gasteiger partial charge on any atom is 0.227 e. The first kappa shape index (κ1) is 86.2. The molecule has 700 valence electrons. The Bertz CT molecular complexity index is 10800. The third-order valence-electron chi connectivity index (χ3n) is 28.7. The fourth-order valence-electron chi connectivity index (χ4n) is 21.6. The number of hydrogen-bond acceptors (Lipinski definition) is 14. The summed E-state index contributed by atoms with van der Waals surface area (Å²) in [6, 6.07) is 169. The number of furan rings is 1. The first-order valence-electron chi connectivity index (χ1n) is 50.1. The van der Waals surface area contributed by atoms with Crippen LogP contribution in [0.3, 0.4) is 0 Å². The van der Waals surface area contributed by atoms with E-state index in [2.05, 4.69) is 313 Å². The van der Waals surface area contributed by atoms with Gasteiger partial charge >= 0.3 is 0 Å². The van der Waals surface area contributed by atoms with E-state index in [-0.39, 0.29) is 0 Å². The molecule has 31 aromatic rings. The Hall–Kier alpha value is -20.6. The first-order chi connectivity index (χ1) is 74.3. The molecule has 0 spiro atoms. The van der Waals surface area contributed by atoms with Crippen LogP contribution in [0.4, 0.5) is 17.1 Å². The number of anilines is 3. The summed E-state index contributed by atoms with van der Waals surface area (Å²) in [5.41, 5.74) is 28.8. The zero-order chi connectivity index (χ0) is 98.8. The Balaban J connectivity index is 0.000000106. The van der Waals surface area contributed by atoms with Crippen LogP contribution in [-0.2, 0) is 0 Å². The SMILES string of the molecule is c1ccc(-c2nc3ccc4ccc5ccc(-c6nc(-c7ccc8c9ccccc9n(-c9ccccc9)c8c7)c7ccccc7n6)cc5c4c3o2)cc1.c1ccc(-c2nc3ccc4ccc5ccc(-c6nc(-c7ccc8oc9ccccc9c8c7)c7ccccc7n6)cc5c4c3o2)cc1.c1ccc(-c2nc3ccc4ccc5ccc(-c6nc7ccccc7nc6-c6cccc(N(c7ccccc7)c7ccccc7)c6)cc5c4c3o2)cc1. The molecule has 8 heterocycles. The summed E-state index contributed by atoms with van der Waals surface area (Å²) >= 11 is 0. The quantitative estimate of drug-likeness (QED) is 0.0996. The van der Waals surface area contributed by atoms with Gasteiger partial charge in [0.15, 0.2) is 28.4 Å². The zero-order valence-corrected chi connectivity index (χ0v) is 80.3. The van der Waals surface area contributed by atoms with Gasteiger partial charge in [0.05, 0.1) is 55.9 Å². The lowest BCUT2D eigenvalue weighted by Gasteiger charge is -2.26. The summed E-state index contributed by atoms with van der Waals surface area (Å²) in [5.74, 6) is 3.17. The van der Waals surface area contributed by atoms with Gasteiger partial charge in [0.1, 0.15) is 27.7 Å². The molecule has 0 aliphatic rings. The van der Waals surface area contributed by atoms with Crippen molar-refractivity contribution in [1.29, 1.82) is 0 Å². The molecule has 0 N–H and O–H groups in total. The van der Waals surface area contributed by atoms with Crippen LogP contribution in [0.2, 0.25) is 0 Å². The van der Waals surface area contributed by atoms with Gasteiger partial charge in [-0.05, 0) is 230 Å². The normalized spacial score (nSPS) is 11.7. The molecule has 23 aromatic carbocycles. The lowest BCUT2D eigenvalue weighted by Crippen LogP contribution is -2.09. The van der Waals surface area contributed by atoms with Crippen LogP contribution in [-0.4, -0.2) is 49.4 Å². The van der Waals surface area contributed by atoms with Gasteiger partial charge in [0.2, 0.25) is 17.7 Å². The Kier molecular flexibility index (Phi) is 20.6. The van der Waals surface area contributed by atoms with Crippen LogP contribution in [0.25, 0.3) is 282 Å². The molecule has 0 amide bonds. The lowest BCUT2D eigenvalue weighted by atomic mass is 9.96. The zero-order valence-electron chi connectivity index (χ0n) is 80.3. The van der Waals surface area contributed by atoms with E-state index in [1.165, 1.54) is 16.3 Å². The monoisotopic (exact) mass is 1920 g/mol. The van der Waals surface area contributed by atoms with Gasteiger partial charge in [-0.25, -0.2) is 44.9 Å². The maximum absolute atomic E-state index is 6.54. The second kappa shape index (κ2) is 35.8. The van der Waals surface area contributed by atoms with Gasteiger partial charge < -0.3 is 27.1 Å². The van der Waals surface area contributed by atoms with Gasteiger partial charge in [-0.15, -0.1) is 0 Å². The molecular formula is C135H81N11O4. The van der Waals surface area contributed by atoms with Crippen molar-refractivity contribution in [2.24, 2.45) is 0 Å². The van der Waals surface area contributed by atoms with Crippen molar-refractivity contribution < 1.29 is 17.7 Å². The van der Waals surface area contributed by atoms with Gasteiger partial charge in [0, 0.05) is 121 Å². The second-order valence-corrected chi connectivity index (χ2v) is 37.7. The van der Waals surface area contributed by atoms with E-state index >= 15 is 0 Å². The Morgan fingerprint density at radius 3 is 1.01 bits per heavy atom. The Morgan fingerprint density at radius 1 is 0.173 bits per heavy atom. The summed E-state index contributed by atoms with van der Waals surface area (Å²) in [5, 5.41) is 19.5. The van der Waals surface area contributed by atoms with E-state index in [0.717, 1.165) is 254 Å². The molecule has 0 bridgehead atoms. The van der Waals surface area contributed by atoms with Crippen LogP contribution >= 0.6 is 0 Å². The third kappa shape index (κ3) is 15.1. The highest BCUT2D eigenvalue weighted by Gasteiger charge is 2.26. The van der Waals surface area contributed by atoms with Crippen molar-refractivity contribution in [2.75, 3.05) is 4.90 Å². The molecule has 0 fully saturated rings. The molecule has 8 aromatic heterocycles. The van der Waals surface area contributed by atoms with E-state index in [9.17, 15) is 0 Å². The van der Waals surface area contributed by atoms with Crippen molar-refractivity contribution >= 4 is 192 Å². The molecule has 0 radical (unpaired) electrons. The van der Waals surface area contributed by atoms with E-state index in [1.807, 2.05) is 188 Å². The van der Waals surface area contributed by atoms with E-state index in [4.69, 9.17) is 62.5 Å². The molecule has 0 saturated carbocycles. The standard InChI is InChI=1S/C47H28N4O.C47H30N4O.C41H23N3O2/c1-3-11-31(12-4-1)47-49-40-26-24-30-21-19-29-20-22-33(27-38(29)43(30)45(40)52-47)46-48-39-17-9-7-16-37(39)44(50-46)32-23-25-36-35-15-8-10-18-41(35)51(42(36)28-32)34-13-5-2-6-14-34;1-4-13-33(14-5-1)47-50-42-28-27-32-25-23-31-24-26-35(30-39(31)43(32)46(42)52-47)45-44(48-40-21-10-11-22-41(40)49-45)34-15-12-20-38(29-34)51(36-16-6-2-7-17-36)37-18-8-3-9-19-37;1-2-8-26(9-3-1)41-43-34-20-18-25-16-14-24-15-17-28(23-31(24)37(25)39(34)46-41)40-42-33-12-6-4-11-30(33)38(44-40)27-19-21-36-32(22-27)29-10-5-7-13-35(29)45-36/h1-28H;1-30H;1-23H. The topological polar surface area (TPSA) is 177 Å². The predicted molar refractivity (Wildman–Crippen MR) is 612 cm³/mol. The molecular weight excluding hydrogens is 1840 g/mol. The number of rotatable bonds is 13. The van der Waals surface area contributed by atoms with Crippen LogP contribution in [0.5, 0.6) is 0 Å². The minimum atomic E-state index is 0.610. The summed E-state index contributed by atoms with van der Waals surface area (Å²) in [6.07, 6.45) is 0. The fourth-order valence-corrected chi connectivity index (χ4v) is 21.6. The molecule has 0 unspecified atom stereocenters. The van der Waals surface area contributed by atoms with Gasteiger partial charge in [-0.1, -0.05) is 309 Å². The summed E-state index contributed by atoms with van der Waals surface area (Å²) in [4.78, 5) is 48.2. The minimum Gasteiger partial charge on any atom is -0.456 e. The number of aromatic nitrogens is 10. The number of nitrogens with zero attached hydrogens (tertiary/aromatic N) is 11. The number of hydrogen-bond donors (Lipinski definition) is 0. The van der Waals surface area contributed by atoms with E-state index < -0.39 is 0 Å². The molecule has 150 heavy (non-hydrogen) atoms. The molecule has 0 saturated heterocycles. The van der Waals surface area contributed by atoms with Crippen LogP contribution in [0, 0.1) is 0 Å². The molecule has 15 nitrogen and oxygen atoms in total. The average molecular weight is 1920 g/mol. The molecule has 0 aliphatic carbocycles. The van der Waals surface area contributed by atoms with Crippen LogP contribution < -0.4 is 4.90 Å². The number of benzene rings is 23. The largest absolute Gasteiger partial charge is 0.456 e. The van der Waals surface area contributed by atoms with Crippen molar-refractivity contribution in [3.05, 3.63) is 491 Å². The summed E-state index contributed by atoms with van der Waals surface area (Å²) in [6.45, 7) is 0. The van der Waals surface area contributed by atoms with E-state index in [1.54, 1.807) is 0 Å².